The van der Waals surface area contributed by atoms with Crippen molar-refractivity contribution >= 4 is 5.84 Å². The summed E-state index contributed by atoms with van der Waals surface area (Å²) in [6.07, 6.45) is 5.18. The molecule has 0 rings (SSSR count). The molecule has 0 aliphatic carbocycles. The first-order valence-electron chi connectivity index (χ1n) is 2.79. The van der Waals surface area contributed by atoms with Gasteiger partial charge in [-0.1, -0.05) is 12.7 Å². The summed E-state index contributed by atoms with van der Waals surface area (Å²) in [6, 6.07) is 0. The van der Waals surface area contributed by atoms with E-state index in [-0.39, 0.29) is 0 Å². The van der Waals surface area contributed by atoms with Gasteiger partial charge in [-0.05, 0) is 13.0 Å². The van der Waals surface area contributed by atoms with Gasteiger partial charge in [0, 0.05) is 13.2 Å². The third kappa shape index (κ3) is 2.69. The first kappa shape index (κ1) is 7.95. The smallest absolute Gasteiger partial charge is 0.123 e. The summed E-state index contributed by atoms with van der Waals surface area (Å²) < 4.78 is 0. The zero-order chi connectivity index (χ0) is 7.28. The van der Waals surface area contributed by atoms with E-state index in [4.69, 9.17) is 5.41 Å². The van der Waals surface area contributed by atoms with Crippen molar-refractivity contribution in [3.05, 3.63) is 24.9 Å². The maximum absolute atomic E-state index is 7.20. The molecule has 0 aliphatic rings. The monoisotopic (exact) mass is 124 g/mol. The van der Waals surface area contributed by atoms with Gasteiger partial charge in [-0.3, -0.25) is 5.41 Å². The third-order valence-corrected chi connectivity index (χ3v) is 0.946. The fourth-order valence-corrected chi connectivity index (χ4v) is 0.448. The molecular formula is C7H12N2. The van der Waals surface area contributed by atoms with E-state index in [1.807, 2.05) is 26.2 Å². The lowest BCUT2D eigenvalue weighted by Gasteiger charge is -2.09. The van der Waals surface area contributed by atoms with E-state index in [0.29, 0.717) is 5.84 Å². The number of amidine groups is 1. The lowest BCUT2D eigenvalue weighted by Crippen LogP contribution is -2.16. The molecule has 0 bridgehead atoms. The number of nitrogens with zero attached hydrogens (tertiary/aromatic N) is 1. The van der Waals surface area contributed by atoms with Crippen LogP contribution in [0.15, 0.2) is 24.9 Å². The van der Waals surface area contributed by atoms with Gasteiger partial charge in [0.1, 0.15) is 5.84 Å². The van der Waals surface area contributed by atoms with Crippen LogP contribution < -0.4 is 0 Å². The second-order valence-corrected chi connectivity index (χ2v) is 1.68. The van der Waals surface area contributed by atoms with Gasteiger partial charge in [0.2, 0.25) is 0 Å². The molecule has 0 aliphatic heterocycles. The Morgan fingerprint density at radius 3 is 2.56 bits per heavy atom. The summed E-state index contributed by atoms with van der Waals surface area (Å²) >= 11 is 0. The summed E-state index contributed by atoms with van der Waals surface area (Å²) in [7, 11) is 1.81. The standard InChI is InChI=1S/C7H12N2/c1-4-6-9(3)7(8)5-2/h4-6,8H,2H2,1,3H3/b6-4-,8-7?. The van der Waals surface area contributed by atoms with Gasteiger partial charge in [-0.25, -0.2) is 0 Å². The predicted molar refractivity (Wildman–Crippen MR) is 40.5 cm³/mol. The topological polar surface area (TPSA) is 27.1 Å². The average Bonchev–Trinajstić information content (AvgIpc) is 1.87. The Bertz CT molecular complexity index is 136. The maximum atomic E-state index is 7.20. The molecule has 0 fully saturated rings. The Morgan fingerprint density at radius 1 is 1.67 bits per heavy atom. The van der Waals surface area contributed by atoms with Crippen molar-refractivity contribution in [3.8, 4) is 0 Å². The van der Waals surface area contributed by atoms with Crippen LogP contribution in [-0.4, -0.2) is 17.8 Å². The Hall–Kier alpha value is -1.05. The highest BCUT2D eigenvalue weighted by atomic mass is 15.1. The molecule has 0 unspecified atom stereocenters. The lowest BCUT2D eigenvalue weighted by atomic mass is 10.5. The Morgan fingerprint density at radius 2 is 2.22 bits per heavy atom. The zero-order valence-electron chi connectivity index (χ0n) is 5.89. The second kappa shape index (κ2) is 3.89. The maximum Gasteiger partial charge on any atom is 0.123 e. The number of allylic oxidation sites excluding steroid dienone is 1. The van der Waals surface area contributed by atoms with Crippen LogP contribution in [0.25, 0.3) is 0 Å². The van der Waals surface area contributed by atoms with Crippen LogP contribution in [0.1, 0.15) is 6.92 Å². The molecule has 50 valence electrons. The average molecular weight is 124 g/mol. The molecule has 0 spiro atoms. The van der Waals surface area contributed by atoms with Crippen molar-refractivity contribution in [1.82, 2.24) is 4.90 Å². The third-order valence-electron chi connectivity index (χ3n) is 0.946. The van der Waals surface area contributed by atoms with Crippen LogP contribution in [0.2, 0.25) is 0 Å². The molecule has 0 aromatic carbocycles. The minimum absolute atomic E-state index is 0.410. The minimum atomic E-state index is 0.410. The highest BCUT2D eigenvalue weighted by molar-refractivity contribution is 5.90. The van der Waals surface area contributed by atoms with Gasteiger partial charge in [0.25, 0.3) is 0 Å². The summed E-state index contributed by atoms with van der Waals surface area (Å²) in [5.41, 5.74) is 0. The van der Waals surface area contributed by atoms with Crippen LogP contribution in [0.4, 0.5) is 0 Å². The number of likely N-dealkylation sites (N-methyl/N-ethyl adjacent to an activating group) is 1. The summed E-state index contributed by atoms with van der Waals surface area (Å²) in [5.74, 6) is 0.410. The molecule has 1 N–H and O–H groups in total. The van der Waals surface area contributed by atoms with Gasteiger partial charge < -0.3 is 4.90 Å². The molecule has 0 heterocycles. The van der Waals surface area contributed by atoms with E-state index < -0.39 is 0 Å². The second-order valence-electron chi connectivity index (χ2n) is 1.68. The van der Waals surface area contributed by atoms with E-state index in [9.17, 15) is 0 Å². The molecule has 0 aromatic heterocycles. The van der Waals surface area contributed by atoms with Crippen LogP contribution >= 0.6 is 0 Å². The molecule has 0 saturated heterocycles. The fraction of sp³-hybridized carbons (Fsp3) is 0.286. The van der Waals surface area contributed by atoms with Crippen molar-refractivity contribution < 1.29 is 0 Å². The first-order chi connectivity index (χ1) is 4.22. The van der Waals surface area contributed by atoms with Gasteiger partial charge in [0.05, 0.1) is 0 Å². The van der Waals surface area contributed by atoms with E-state index in [1.165, 1.54) is 6.08 Å². The van der Waals surface area contributed by atoms with Gasteiger partial charge in [0.15, 0.2) is 0 Å². The van der Waals surface area contributed by atoms with Gasteiger partial charge in [-0.2, -0.15) is 0 Å². The van der Waals surface area contributed by atoms with E-state index >= 15 is 0 Å². The molecule has 2 heteroatoms. The van der Waals surface area contributed by atoms with Crippen LogP contribution in [0.3, 0.4) is 0 Å². The summed E-state index contributed by atoms with van der Waals surface area (Å²) in [4.78, 5) is 1.69. The summed E-state index contributed by atoms with van der Waals surface area (Å²) in [6.45, 7) is 5.37. The van der Waals surface area contributed by atoms with Crippen molar-refractivity contribution in [2.75, 3.05) is 7.05 Å². The Balaban J connectivity index is 3.87. The predicted octanol–water partition coefficient (Wildman–Crippen LogP) is 1.62. The summed E-state index contributed by atoms with van der Waals surface area (Å²) in [5, 5.41) is 7.20. The van der Waals surface area contributed by atoms with E-state index in [2.05, 4.69) is 6.58 Å². The van der Waals surface area contributed by atoms with Gasteiger partial charge in [-0.15, -0.1) is 0 Å². The van der Waals surface area contributed by atoms with Crippen molar-refractivity contribution in [3.63, 3.8) is 0 Å². The molecule has 0 atom stereocenters. The van der Waals surface area contributed by atoms with Crippen LogP contribution in [0.5, 0.6) is 0 Å². The number of rotatable bonds is 2. The van der Waals surface area contributed by atoms with Gasteiger partial charge >= 0.3 is 0 Å². The molecule has 0 aromatic rings. The zero-order valence-corrected chi connectivity index (χ0v) is 5.89. The molecular weight excluding hydrogens is 112 g/mol. The quantitative estimate of drug-likeness (QED) is 0.439. The van der Waals surface area contributed by atoms with Crippen molar-refractivity contribution in [2.24, 2.45) is 0 Å². The Labute approximate surface area is 56.0 Å². The number of hydrogen-bond donors (Lipinski definition) is 1. The number of hydrogen-bond acceptors (Lipinski definition) is 1. The molecule has 0 radical (unpaired) electrons. The Kier molecular flexibility index (Phi) is 3.44. The molecule has 9 heavy (non-hydrogen) atoms. The largest absolute Gasteiger partial charge is 0.337 e. The highest BCUT2D eigenvalue weighted by Gasteiger charge is 1.90. The first-order valence-corrected chi connectivity index (χ1v) is 2.79. The lowest BCUT2D eigenvalue weighted by molar-refractivity contribution is 0.685. The highest BCUT2D eigenvalue weighted by Crippen LogP contribution is 1.86. The SMILES string of the molecule is C=CC(=N)N(C)/C=C\C. The van der Waals surface area contributed by atoms with Crippen molar-refractivity contribution in [2.45, 2.75) is 6.92 Å². The molecule has 2 nitrogen and oxygen atoms in total. The van der Waals surface area contributed by atoms with Crippen LogP contribution in [-0.2, 0) is 0 Å². The van der Waals surface area contributed by atoms with Crippen LogP contribution in [0, 0.1) is 5.41 Å². The number of nitrogens with one attached hydrogen (secondary N) is 1. The fourth-order valence-electron chi connectivity index (χ4n) is 0.448. The van der Waals surface area contributed by atoms with E-state index in [1.54, 1.807) is 4.90 Å². The normalized spacial score (nSPS) is 9.56. The molecule has 0 amide bonds. The van der Waals surface area contributed by atoms with Crippen molar-refractivity contribution in [1.29, 1.82) is 5.41 Å². The molecule has 0 saturated carbocycles. The minimum Gasteiger partial charge on any atom is -0.337 e. The van der Waals surface area contributed by atoms with E-state index in [0.717, 1.165) is 0 Å².